The molecular weight excluding hydrogens is 563 g/mol. The Bertz CT molecular complexity index is 1490. The van der Waals surface area contributed by atoms with Crippen molar-refractivity contribution in [2.24, 2.45) is 0 Å². The average molecular weight is 612 g/mol. The van der Waals surface area contributed by atoms with E-state index in [9.17, 15) is 5.11 Å². The lowest BCUT2D eigenvalue weighted by Crippen LogP contribution is -2.40. The Morgan fingerprint density at radius 2 is 1.55 bits per heavy atom. The summed E-state index contributed by atoms with van der Waals surface area (Å²) in [6.45, 7) is 9.65. The molecule has 0 bridgehead atoms. The third-order valence-corrected chi connectivity index (χ3v) is 9.91. The predicted molar refractivity (Wildman–Crippen MR) is 187 cm³/mol. The first-order chi connectivity index (χ1) is 21.0. The molecule has 2 atom stereocenters. The van der Waals surface area contributed by atoms with Crippen LogP contribution in [0, 0.1) is 6.92 Å². The van der Waals surface area contributed by atoms with Crippen LogP contribution in [0.4, 0.5) is 11.8 Å². The molecule has 234 valence electrons. The molecule has 1 aliphatic rings. The summed E-state index contributed by atoms with van der Waals surface area (Å²) in [4.78, 5) is 13.0. The largest absolute Gasteiger partial charge is 0.388 e. The van der Waals surface area contributed by atoms with Crippen molar-refractivity contribution >= 4 is 34.4 Å². The molecule has 0 spiro atoms. The number of aromatic nitrogens is 2. The Hall–Kier alpha value is -3.13. The number of hydrogen-bond acceptors (Lipinski definition) is 7. The molecule has 1 aromatic heterocycles. The van der Waals surface area contributed by atoms with Crippen molar-refractivity contribution in [2.75, 3.05) is 30.9 Å². The molecule has 7 heteroatoms. The average Bonchev–Trinajstić information content (AvgIpc) is 3.01. The molecule has 3 N–H and O–H groups in total. The smallest absolute Gasteiger partial charge is 0.225 e. The van der Waals surface area contributed by atoms with E-state index in [-0.39, 0.29) is 10.7 Å². The Morgan fingerprint density at radius 3 is 2.20 bits per heavy atom. The van der Waals surface area contributed by atoms with Crippen LogP contribution in [-0.4, -0.2) is 53.0 Å². The van der Waals surface area contributed by atoms with Crippen LogP contribution in [0.3, 0.4) is 0 Å². The summed E-state index contributed by atoms with van der Waals surface area (Å²) in [6, 6.07) is 26.3. The second kappa shape index (κ2) is 14.3. The summed E-state index contributed by atoms with van der Waals surface area (Å²) in [5.74, 6) is 1.65. The lowest BCUT2D eigenvalue weighted by atomic mass is 9.86. The first-order valence-corrected chi connectivity index (χ1v) is 16.9. The zero-order valence-electron chi connectivity index (χ0n) is 27.2. The maximum atomic E-state index is 11.3. The summed E-state index contributed by atoms with van der Waals surface area (Å²) >= 11 is 1.87. The van der Waals surface area contributed by atoms with E-state index < -0.39 is 6.10 Å². The van der Waals surface area contributed by atoms with Crippen molar-refractivity contribution in [2.45, 2.75) is 93.5 Å². The van der Waals surface area contributed by atoms with Crippen LogP contribution >= 0.6 is 11.8 Å². The van der Waals surface area contributed by atoms with Gasteiger partial charge in [0.15, 0.2) is 0 Å². The van der Waals surface area contributed by atoms with Gasteiger partial charge in [0.1, 0.15) is 5.82 Å². The highest BCUT2D eigenvalue weighted by Crippen LogP contribution is 2.32. The van der Waals surface area contributed by atoms with Crippen LogP contribution < -0.4 is 15.5 Å². The van der Waals surface area contributed by atoms with Crippen molar-refractivity contribution in [1.82, 2.24) is 15.3 Å². The zero-order valence-corrected chi connectivity index (χ0v) is 28.0. The van der Waals surface area contributed by atoms with Gasteiger partial charge in [-0.3, -0.25) is 0 Å². The predicted octanol–water partition coefficient (Wildman–Crippen LogP) is 7.90. The number of para-hydroxylation sites is 1. The highest BCUT2D eigenvalue weighted by molar-refractivity contribution is 8.00. The maximum absolute atomic E-state index is 11.3. The van der Waals surface area contributed by atoms with Gasteiger partial charge in [-0.25, -0.2) is 4.98 Å². The number of anilines is 2. The van der Waals surface area contributed by atoms with Gasteiger partial charge in [0.05, 0.1) is 11.6 Å². The van der Waals surface area contributed by atoms with Gasteiger partial charge in [-0.2, -0.15) is 4.98 Å². The van der Waals surface area contributed by atoms with Crippen LogP contribution in [0.15, 0.2) is 77.7 Å². The van der Waals surface area contributed by atoms with Crippen LogP contribution in [0.5, 0.6) is 0 Å². The van der Waals surface area contributed by atoms with Crippen LogP contribution in [-0.2, 0) is 5.41 Å². The Labute approximate surface area is 268 Å². The van der Waals surface area contributed by atoms with Gasteiger partial charge in [0.2, 0.25) is 5.95 Å². The first-order valence-electron chi connectivity index (χ1n) is 16.0. The van der Waals surface area contributed by atoms with Crippen molar-refractivity contribution in [3.8, 4) is 0 Å². The van der Waals surface area contributed by atoms with E-state index >= 15 is 0 Å². The van der Waals surface area contributed by atoms with Crippen LogP contribution in [0.1, 0.15) is 75.7 Å². The van der Waals surface area contributed by atoms with Gasteiger partial charge < -0.3 is 20.6 Å². The van der Waals surface area contributed by atoms with Gasteiger partial charge in [0, 0.05) is 48.3 Å². The summed E-state index contributed by atoms with van der Waals surface area (Å²) in [6.07, 6.45) is 4.55. The van der Waals surface area contributed by atoms with Crippen LogP contribution in [0.25, 0.3) is 10.9 Å². The number of nitrogens with one attached hydrogen (secondary N) is 2. The summed E-state index contributed by atoms with van der Waals surface area (Å²) < 4.78 is 0. The monoisotopic (exact) mass is 611 g/mol. The van der Waals surface area contributed by atoms with Gasteiger partial charge in [-0.05, 0) is 79.8 Å². The summed E-state index contributed by atoms with van der Waals surface area (Å²) in [7, 11) is 4.06. The number of aliphatic hydroxyl groups is 1. The number of thioether (sulfide) groups is 1. The molecule has 1 fully saturated rings. The standard InChI is InChI=1S/C37H49N5OS/c1-25-11-21-30(22-12-25)44-31(23-34(43)26-13-15-27(16-14-26)37(2,3)4)24-38-28-17-19-29(20-18-28)39-36-40-33-10-8-7-9-32(33)35(41-36)42(5)6/h7-16,21-22,28-29,31,34,38,43H,17-20,23-24H2,1-6H3,(H,39,40,41)/t28-,29+,31?,34?. The van der Waals surface area contributed by atoms with Gasteiger partial charge in [-0.15, -0.1) is 11.8 Å². The lowest BCUT2D eigenvalue weighted by molar-refractivity contribution is 0.165. The fourth-order valence-corrected chi connectivity index (χ4v) is 7.10. The molecule has 3 aromatic carbocycles. The topological polar surface area (TPSA) is 73.3 Å². The quantitative estimate of drug-likeness (QED) is 0.149. The third kappa shape index (κ3) is 8.52. The Morgan fingerprint density at radius 1 is 0.886 bits per heavy atom. The molecule has 1 saturated carbocycles. The van der Waals surface area contributed by atoms with Crippen molar-refractivity contribution < 1.29 is 5.11 Å². The minimum atomic E-state index is -0.497. The van der Waals surface area contributed by atoms with E-state index in [1.807, 2.05) is 38.0 Å². The molecule has 0 saturated heterocycles. The van der Waals surface area contributed by atoms with Crippen molar-refractivity contribution in [3.05, 3.63) is 89.5 Å². The molecule has 1 aliphatic carbocycles. The number of rotatable bonds is 11. The van der Waals surface area contributed by atoms with E-state index in [0.29, 0.717) is 24.5 Å². The highest BCUT2D eigenvalue weighted by Gasteiger charge is 2.25. The van der Waals surface area contributed by atoms with E-state index in [2.05, 4.69) is 104 Å². The molecule has 2 unspecified atom stereocenters. The number of aryl methyl sites for hydroxylation is 1. The maximum Gasteiger partial charge on any atom is 0.225 e. The second-order valence-electron chi connectivity index (χ2n) is 13.6. The molecule has 5 rings (SSSR count). The number of fused-ring (bicyclic) bond motifs is 1. The fourth-order valence-electron chi connectivity index (χ4n) is 5.96. The molecule has 0 amide bonds. The molecule has 1 heterocycles. The van der Waals surface area contributed by atoms with E-state index in [0.717, 1.165) is 54.5 Å². The van der Waals surface area contributed by atoms with E-state index in [1.165, 1.54) is 16.0 Å². The highest BCUT2D eigenvalue weighted by atomic mass is 32.2. The number of nitrogens with zero attached hydrogens (tertiary/aromatic N) is 3. The molecule has 0 radical (unpaired) electrons. The number of benzene rings is 3. The Balaban J connectivity index is 1.18. The first kappa shape index (κ1) is 32.3. The molecule has 4 aromatic rings. The normalized spacial score (nSPS) is 18.6. The fraction of sp³-hybridized carbons (Fsp3) is 0.459. The minimum absolute atomic E-state index is 0.101. The molecule has 0 aliphatic heterocycles. The lowest BCUT2D eigenvalue weighted by Gasteiger charge is -2.31. The zero-order chi connectivity index (χ0) is 31.3. The van der Waals surface area contributed by atoms with Gasteiger partial charge >= 0.3 is 0 Å². The Kier molecular flexibility index (Phi) is 10.5. The number of aliphatic hydroxyl groups excluding tert-OH is 1. The van der Waals surface area contributed by atoms with Gasteiger partial charge in [-0.1, -0.05) is 74.9 Å². The molecule has 6 nitrogen and oxygen atoms in total. The third-order valence-electron chi connectivity index (χ3n) is 8.67. The van der Waals surface area contributed by atoms with E-state index in [1.54, 1.807) is 0 Å². The van der Waals surface area contributed by atoms with Crippen molar-refractivity contribution in [3.63, 3.8) is 0 Å². The SMILES string of the molecule is Cc1ccc(SC(CN[C@H]2CC[C@@H](Nc3nc(N(C)C)c4ccccc4n3)CC2)CC(O)c2ccc(C(C)(C)C)cc2)cc1. The van der Waals surface area contributed by atoms with Crippen LogP contribution in [0.2, 0.25) is 0 Å². The second-order valence-corrected chi connectivity index (χ2v) is 14.9. The van der Waals surface area contributed by atoms with Gasteiger partial charge in [0.25, 0.3) is 0 Å². The summed E-state index contributed by atoms with van der Waals surface area (Å²) in [5, 5.41) is 20.1. The van der Waals surface area contributed by atoms with Crippen molar-refractivity contribution in [1.29, 1.82) is 0 Å². The summed E-state index contributed by atoms with van der Waals surface area (Å²) in [5.41, 5.74) is 4.61. The van der Waals surface area contributed by atoms with E-state index in [4.69, 9.17) is 9.97 Å². The minimum Gasteiger partial charge on any atom is -0.388 e. The number of hydrogen-bond donors (Lipinski definition) is 3. The molecule has 44 heavy (non-hydrogen) atoms. The molecular formula is C37H49N5OS.